The van der Waals surface area contributed by atoms with E-state index in [1.165, 1.54) is 0 Å². The molecule has 0 bridgehead atoms. The average Bonchev–Trinajstić information content (AvgIpc) is 3.09. The van der Waals surface area contributed by atoms with Crippen LogP contribution in [0.25, 0.3) is 0 Å². The fourth-order valence-corrected chi connectivity index (χ4v) is 2.64. The molecule has 0 radical (unpaired) electrons. The molecule has 0 aliphatic carbocycles. The van der Waals surface area contributed by atoms with Crippen molar-refractivity contribution in [3.05, 3.63) is 36.8 Å². The maximum absolute atomic E-state index is 12.4. The molecule has 0 spiro atoms. The van der Waals surface area contributed by atoms with Crippen LogP contribution in [0.3, 0.4) is 0 Å². The number of nitrogens with zero attached hydrogens (tertiary/aromatic N) is 5. The number of morpholine rings is 1. The van der Waals surface area contributed by atoms with Gasteiger partial charge in [0.25, 0.3) is 0 Å². The lowest BCUT2D eigenvalue weighted by Crippen LogP contribution is -2.42. The van der Waals surface area contributed by atoms with Crippen molar-refractivity contribution < 1.29 is 9.53 Å². The molecule has 1 fully saturated rings. The summed E-state index contributed by atoms with van der Waals surface area (Å²) in [6, 6.07) is 0. The predicted molar refractivity (Wildman–Crippen MR) is 83.2 cm³/mol. The molecule has 0 aromatic carbocycles. The van der Waals surface area contributed by atoms with E-state index < -0.39 is 0 Å². The van der Waals surface area contributed by atoms with Crippen LogP contribution in [0.1, 0.15) is 24.6 Å². The van der Waals surface area contributed by atoms with Crippen molar-refractivity contribution in [2.45, 2.75) is 25.5 Å². The number of nitrogens with two attached hydrogens (primary N) is 1. The highest BCUT2D eigenvalue weighted by Gasteiger charge is 2.27. The van der Waals surface area contributed by atoms with Crippen molar-refractivity contribution in [3.63, 3.8) is 0 Å². The summed E-state index contributed by atoms with van der Waals surface area (Å²) in [6.07, 6.45) is 9.49. The molecule has 1 saturated heterocycles. The van der Waals surface area contributed by atoms with Crippen molar-refractivity contribution >= 4 is 11.7 Å². The third-order valence-electron chi connectivity index (χ3n) is 3.85. The van der Waals surface area contributed by atoms with Gasteiger partial charge in [-0.05, 0) is 6.42 Å². The first-order chi connectivity index (χ1) is 11.2. The Morgan fingerprint density at radius 2 is 2.22 bits per heavy atom. The molecule has 1 aliphatic heterocycles. The highest BCUT2D eigenvalue weighted by Crippen LogP contribution is 2.24. The van der Waals surface area contributed by atoms with Gasteiger partial charge in [-0.2, -0.15) is 0 Å². The molecule has 3 heterocycles. The minimum Gasteiger partial charge on any atom is -0.382 e. The molecule has 2 N–H and O–H groups in total. The first-order valence-electron chi connectivity index (χ1n) is 7.65. The lowest BCUT2D eigenvalue weighted by atomic mass is 10.1. The van der Waals surface area contributed by atoms with E-state index in [1.54, 1.807) is 24.9 Å². The Morgan fingerprint density at radius 3 is 3.00 bits per heavy atom. The average molecular weight is 316 g/mol. The number of nitrogen functional groups attached to an aromatic ring is 1. The van der Waals surface area contributed by atoms with Gasteiger partial charge in [-0.15, -0.1) is 0 Å². The molecule has 0 unspecified atom stereocenters. The van der Waals surface area contributed by atoms with Crippen LogP contribution in [0.15, 0.2) is 31.1 Å². The highest BCUT2D eigenvalue weighted by molar-refractivity contribution is 5.76. The van der Waals surface area contributed by atoms with E-state index in [0.29, 0.717) is 37.6 Å². The van der Waals surface area contributed by atoms with Gasteiger partial charge in [0, 0.05) is 44.3 Å². The quantitative estimate of drug-likeness (QED) is 0.869. The SMILES string of the molecule is Nc1nccnc1[C@H]1CN(C(=O)CCCn2ccnc2)CCO1. The van der Waals surface area contributed by atoms with E-state index >= 15 is 0 Å². The van der Waals surface area contributed by atoms with Gasteiger partial charge in [0.05, 0.1) is 19.5 Å². The number of rotatable bonds is 5. The van der Waals surface area contributed by atoms with Crippen molar-refractivity contribution in [1.29, 1.82) is 0 Å². The van der Waals surface area contributed by atoms with E-state index in [-0.39, 0.29) is 12.0 Å². The van der Waals surface area contributed by atoms with Crippen molar-refractivity contribution in [3.8, 4) is 0 Å². The number of ether oxygens (including phenoxy) is 1. The smallest absolute Gasteiger partial charge is 0.222 e. The summed E-state index contributed by atoms with van der Waals surface area (Å²) in [5, 5.41) is 0. The summed E-state index contributed by atoms with van der Waals surface area (Å²) in [6.45, 7) is 2.33. The number of hydrogen-bond donors (Lipinski definition) is 1. The van der Waals surface area contributed by atoms with Crippen molar-refractivity contribution in [1.82, 2.24) is 24.4 Å². The topological polar surface area (TPSA) is 99.2 Å². The van der Waals surface area contributed by atoms with Crippen LogP contribution in [-0.4, -0.2) is 50.0 Å². The first kappa shape index (κ1) is 15.4. The van der Waals surface area contributed by atoms with Crippen LogP contribution < -0.4 is 5.73 Å². The summed E-state index contributed by atoms with van der Waals surface area (Å²) >= 11 is 0. The Hall–Kier alpha value is -2.48. The van der Waals surface area contributed by atoms with Gasteiger partial charge in [-0.25, -0.2) is 9.97 Å². The number of anilines is 1. The van der Waals surface area contributed by atoms with Crippen molar-refractivity contribution in [2.24, 2.45) is 0 Å². The second-order valence-corrected chi connectivity index (χ2v) is 5.43. The summed E-state index contributed by atoms with van der Waals surface area (Å²) in [5.41, 5.74) is 6.44. The largest absolute Gasteiger partial charge is 0.382 e. The third kappa shape index (κ3) is 3.84. The van der Waals surface area contributed by atoms with Gasteiger partial charge >= 0.3 is 0 Å². The number of amides is 1. The number of hydrogen-bond acceptors (Lipinski definition) is 6. The van der Waals surface area contributed by atoms with Crippen LogP contribution in [0.5, 0.6) is 0 Å². The zero-order valence-electron chi connectivity index (χ0n) is 12.8. The molecule has 1 amide bonds. The number of aromatic nitrogens is 4. The van der Waals surface area contributed by atoms with E-state index in [4.69, 9.17) is 10.5 Å². The summed E-state index contributed by atoms with van der Waals surface area (Å²) in [4.78, 5) is 26.4. The second-order valence-electron chi connectivity index (χ2n) is 5.43. The minimum absolute atomic E-state index is 0.126. The number of carbonyl (C=O) groups is 1. The highest BCUT2D eigenvalue weighted by atomic mass is 16.5. The summed E-state index contributed by atoms with van der Waals surface area (Å²) < 4.78 is 7.67. The van der Waals surface area contributed by atoms with Gasteiger partial charge in [0.2, 0.25) is 5.91 Å². The fourth-order valence-electron chi connectivity index (χ4n) is 2.64. The Balaban J connectivity index is 1.53. The number of imidazole rings is 1. The van der Waals surface area contributed by atoms with Crippen LogP contribution in [0.4, 0.5) is 5.82 Å². The molecule has 8 nitrogen and oxygen atoms in total. The van der Waals surface area contributed by atoms with E-state index in [0.717, 1.165) is 13.0 Å². The molecule has 2 aromatic rings. The normalized spacial score (nSPS) is 18.1. The van der Waals surface area contributed by atoms with Gasteiger partial charge in [-0.3, -0.25) is 9.78 Å². The Kier molecular flexibility index (Phi) is 4.82. The standard InChI is InChI=1S/C15H20N6O2/c16-15-14(18-3-4-19-15)12-10-21(8-9-23-12)13(22)2-1-6-20-7-5-17-11-20/h3-5,7,11-12H,1-2,6,8-10H2,(H2,16,19)/t12-/m1/s1. The Morgan fingerprint density at radius 1 is 1.35 bits per heavy atom. The lowest BCUT2D eigenvalue weighted by molar-refractivity contribution is -0.139. The molecule has 8 heteroatoms. The van der Waals surface area contributed by atoms with E-state index in [1.807, 2.05) is 15.7 Å². The predicted octanol–water partition coefficient (Wildman–Crippen LogP) is 0.636. The molecular weight excluding hydrogens is 296 g/mol. The Labute approximate surface area is 134 Å². The molecule has 3 rings (SSSR count). The van der Waals surface area contributed by atoms with Crippen LogP contribution >= 0.6 is 0 Å². The second kappa shape index (κ2) is 7.19. The van der Waals surface area contributed by atoms with Crippen LogP contribution in [0.2, 0.25) is 0 Å². The third-order valence-corrected chi connectivity index (χ3v) is 3.85. The summed E-state index contributed by atoms with van der Waals surface area (Å²) in [7, 11) is 0. The molecular formula is C15H20N6O2. The van der Waals surface area contributed by atoms with Crippen molar-refractivity contribution in [2.75, 3.05) is 25.4 Å². The van der Waals surface area contributed by atoms with Gasteiger partial charge in [-0.1, -0.05) is 0 Å². The molecule has 2 aromatic heterocycles. The Bertz CT molecular complexity index is 645. The monoisotopic (exact) mass is 316 g/mol. The van der Waals surface area contributed by atoms with Crippen LogP contribution in [0, 0.1) is 0 Å². The van der Waals surface area contributed by atoms with E-state index in [2.05, 4.69) is 15.0 Å². The zero-order chi connectivity index (χ0) is 16.1. The first-order valence-corrected chi connectivity index (χ1v) is 7.65. The fraction of sp³-hybridized carbons (Fsp3) is 0.467. The summed E-state index contributed by atoms with van der Waals surface area (Å²) in [5.74, 6) is 0.479. The van der Waals surface area contributed by atoms with Gasteiger partial charge in [0.15, 0.2) is 0 Å². The van der Waals surface area contributed by atoms with Gasteiger partial charge in [0.1, 0.15) is 17.6 Å². The molecule has 23 heavy (non-hydrogen) atoms. The van der Waals surface area contributed by atoms with Crippen LogP contribution in [-0.2, 0) is 16.1 Å². The number of carbonyl (C=O) groups excluding carboxylic acids is 1. The molecule has 122 valence electrons. The van der Waals surface area contributed by atoms with E-state index in [9.17, 15) is 4.79 Å². The molecule has 1 atom stereocenters. The lowest BCUT2D eigenvalue weighted by Gasteiger charge is -2.33. The number of aryl methyl sites for hydroxylation is 1. The zero-order valence-corrected chi connectivity index (χ0v) is 12.8. The molecule has 0 saturated carbocycles. The maximum atomic E-state index is 12.4. The molecule has 1 aliphatic rings. The maximum Gasteiger partial charge on any atom is 0.222 e. The minimum atomic E-state index is -0.310. The van der Waals surface area contributed by atoms with Gasteiger partial charge < -0.3 is 19.9 Å².